The van der Waals surface area contributed by atoms with Gasteiger partial charge >= 0.3 is 5.97 Å². The zero-order valence-corrected chi connectivity index (χ0v) is 21.4. The monoisotopic (exact) mass is 516 g/mol. The molecule has 8 nitrogen and oxygen atoms in total. The van der Waals surface area contributed by atoms with Gasteiger partial charge in [0.2, 0.25) is 5.79 Å². The van der Waals surface area contributed by atoms with Crippen LogP contribution in [-0.4, -0.2) is 66.9 Å². The molecule has 5 atom stereocenters. The SMILES string of the molecule is O=C(O)CCC/C=C\C[C@@H]1[C@@H](/C=C/C2(COc3ccccc3)OCCO2)[C@H](OC2CCCCO2)C[C@@H]1O. The summed E-state index contributed by atoms with van der Waals surface area (Å²) < 4.78 is 30.2. The van der Waals surface area contributed by atoms with Gasteiger partial charge in [-0.05, 0) is 62.7 Å². The Morgan fingerprint density at radius 3 is 2.65 bits per heavy atom. The van der Waals surface area contributed by atoms with Gasteiger partial charge in [0.15, 0.2) is 6.29 Å². The van der Waals surface area contributed by atoms with Crippen molar-refractivity contribution in [2.75, 3.05) is 26.4 Å². The van der Waals surface area contributed by atoms with Crippen LogP contribution in [0.15, 0.2) is 54.6 Å². The molecule has 2 N–H and O–H groups in total. The van der Waals surface area contributed by atoms with Crippen LogP contribution in [0.25, 0.3) is 0 Å². The van der Waals surface area contributed by atoms with Gasteiger partial charge in [-0.25, -0.2) is 0 Å². The largest absolute Gasteiger partial charge is 0.488 e. The summed E-state index contributed by atoms with van der Waals surface area (Å²) >= 11 is 0. The van der Waals surface area contributed by atoms with Crippen LogP contribution in [0.3, 0.4) is 0 Å². The lowest BCUT2D eigenvalue weighted by Crippen LogP contribution is -2.36. The Hall–Kier alpha value is -2.23. The van der Waals surface area contributed by atoms with Crippen molar-refractivity contribution in [1.29, 1.82) is 0 Å². The molecule has 2 heterocycles. The first-order chi connectivity index (χ1) is 18.0. The third-order valence-corrected chi connectivity index (χ3v) is 7.22. The van der Waals surface area contributed by atoms with Crippen LogP contribution in [0.4, 0.5) is 0 Å². The zero-order valence-electron chi connectivity index (χ0n) is 21.4. The van der Waals surface area contributed by atoms with Gasteiger partial charge in [-0.3, -0.25) is 4.79 Å². The topological polar surface area (TPSA) is 104 Å². The van der Waals surface area contributed by atoms with E-state index in [1.54, 1.807) is 0 Å². The first-order valence-electron chi connectivity index (χ1n) is 13.5. The average molecular weight is 517 g/mol. The van der Waals surface area contributed by atoms with E-state index >= 15 is 0 Å². The van der Waals surface area contributed by atoms with Crippen LogP contribution in [-0.2, 0) is 23.7 Å². The van der Waals surface area contributed by atoms with Crippen molar-refractivity contribution in [3.05, 3.63) is 54.6 Å². The summed E-state index contributed by atoms with van der Waals surface area (Å²) in [6.45, 7) is 1.88. The highest BCUT2D eigenvalue weighted by Crippen LogP contribution is 2.40. The molecular weight excluding hydrogens is 476 g/mol. The highest BCUT2D eigenvalue weighted by atomic mass is 16.8. The predicted octanol–water partition coefficient (Wildman–Crippen LogP) is 4.47. The lowest BCUT2D eigenvalue weighted by molar-refractivity contribution is -0.193. The van der Waals surface area contributed by atoms with Crippen LogP contribution in [0.2, 0.25) is 0 Å². The maximum Gasteiger partial charge on any atom is 0.303 e. The van der Waals surface area contributed by atoms with E-state index < -0.39 is 17.9 Å². The Labute approximate surface area is 219 Å². The minimum atomic E-state index is -0.994. The molecule has 1 saturated carbocycles. The molecule has 3 fully saturated rings. The van der Waals surface area contributed by atoms with Crippen molar-refractivity contribution in [3.63, 3.8) is 0 Å². The predicted molar refractivity (Wildman–Crippen MR) is 137 cm³/mol. The third kappa shape index (κ3) is 8.38. The number of para-hydroxylation sites is 1. The second-order valence-electron chi connectivity index (χ2n) is 9.98. The Morgan fingerprint density at radius 1 is 1.11 bits per heavy atom. The summed E-state index contributed by atoms with van der Waals surface area (Å²) in [7, 11) is 0. The third-order valence-electron chi connectivity index (χ3n) is 7.22. The highest BCUT2D eigenvalue weighted by Gasteiger charge is 2.44. The molecule has 0 aromatic heterocycles. The standard InChI is InChI=1S/C29H40O8/c30-25-20-26(37-28-14-8-9-17-33-28)24(23(25)12-6-1-2-7-13-27(31)32)15-16-29(35-18-19-36-29)21-34-22-10-4-3-5-11-22/h1,3-6,10-11,15-16,23-26,28,30H,2,7-9,12-14,17-21H2,(H,31,32)/b6-1-,16-15+/t23-,24-,25+,26-,28?/m1/s1. The van der Waals surface area contributed by atoms with Gasteiger partial charge in [0.25, 0.3) is 0 Å². The highest BCUT2D eigenvalue weighted by molar-refractivity contribution is 5.66. The lowest BCUT2D eigenvalue weighted by Gasteiger charge is -2.30. The molecule has 0 radical (unpaired) electrons. The molecule has 1 aromatic rings. The molecule has 1 aromatic carbocycles. The summed E-state index contributed by atoms with van der Waals surface area (Å²) in [5.41, 5.74) is 0. The van der Waals surface area contributed by atoms with E-state index in [-0.39, 0.29) is 37.3 Å². The summed E-state index contributed by atoms with van der Waals surface area (Å²) in [5, 5.41) is 19.8. The van der Waals surface area contributed by atoms with E-state index in [1.165, 1.54) is 0 Å². The van der Waals surface area contributed by atoms with Gasteiger partial charge in [-0.1, -0.05) is 36.4 Å². The quantitative estimate of drug-likeness (QED) is 0.292. The summed E-state index contributed by atoms with van der Waals surface area (Å²) in [4.78, 5) is 10.7. The van der Waals surface area contributed by atoms with E-state index in [4.69, 9.17) is 28.8 Å². The number of aliphatic hydroxyl groups is 1. The minimum absolute atomic E-state index is 0.0472. The van der Waals surface area contributed by atoms with Gasteiger partial charge < -0.3 is 33.9 Å². The van der Waals surface area contributed by atoms with Crippen molar-refractivity contribution in [1.82, 2.24) is 0 Å². The van der Waals surface area contributed by atoms with Crippen LogP contribution in [0.1, 0.15) is 51.4 Å². The Kier molecular flexibility index (Phi) is 10.6. The molecule has 1 aliphatic carbocycles. The van der Waals surface area contributed by atoms with Crippen LogP contribution in [0.5, 0.6) is 5.75 Å². The van der Waals surface area contributed by atoms with E-state index in [9.17, 15) is 9.90 Å². The van der Waals surface area contributed by atoms with Gasteiger partial charge in [-0.2, -0.15) is 0 Å². The number of aliphatic carboxylic acids is 1. The molecule has 2 aliphatic heterocycles. The fourth-order valence-electron chi connectivity index (χ4n) is 5.24. The molecule has 0 amide bonds. The maximum absolute atomic E-state index is 11.0. The molecule has 204 valence electrons. The second kappa shape index (κ2) is 14.1. The van der Waals surface area contributed by atoms with Crippen molar-refractivity contribution in [2.45, 2.75) is 75.7 Å². The number of hydrogen-bond donors (Lipinski definition) is 2. The first-order valence-corrected chi connectivity index (χ1v) is 13.5. The number of rotatable bonds is 13. The fourth-order valence-corrected chi connectivity index (χ4v) is 5.24. The van der Waals surface area contributed by atoms with Gasteiger partial charge in [0.1, 0.15) is 12.4 Å². The molecular formula is C29H40O8. The van der Waals surface area contributed by atoms with E-state index in [0.717, 1.165) is 25.0 Å². The van der Waals surface area contributed by atoms with E-state index in [0.29, 0.717) is 45.5 Å². The number of aliphatic hydroxyl groups excluding tert-OH is 1. The number of benzene rings is 1. The number of carboxylic acids is 1. The molecule has 0 bridgehead atoms. The molecule has 3 aliphatic rings. The van der Waals surface area contributed by atoms with Crippen LogP contribution >= 0.6 is 0 Å². The molecule has 0 spiro atoms. The van der Waals surface area contributed by atoms with Gasteiger partial charge in [0, 0.05) is 25.4 Å². The van der Waals surface area contributed by atoms with Crippen molar-refractivity contribution < 1.29 is 38.7 Å². The first kappa shape index (κ1) is 27.8. The number of carboxylic acid groups (broad SMARTS) is 1. The van der Waals surface area contributed by atoms with Crippen molar-refractivity contribution >= 4 is 5.97 Å². The smallest absolute Gasteiger partial charge is 0.303 e. The molecule has 4 rings (SSSR count). The number of carbonyl (C=O) groups is 1. The van der Waals surface area contributed by atoms with E-state index in [2.05, 4.69) is 6.08 Å². The Bertz CT molecular complexity index is 873. The lowest BCUT2D eigenvalue weighted by atomic mass is 9.89. The van der Waals surface area contributed by atoms with E-state index in [1.807, 2.05) is 48.6 Å². The molecule has 8 heteroatoms. The molecule has 2 saturated heterocycles. The summed E-state index contributed by atoms with van der Waals surface area (Å²) in [5.74, 6) is -1.14. The minimum Gasteiger partial charge on any atom is -0.488 e. The van der Waals surface area contributed by atoms with Crippen molar-refractivity contribution in [3.8, 4) is 5.75 Å². The Balaban J connectivity index is 1.44. The molecule has 37 heavy (non-hydrogen) atoms. The van der Waals surface area contributed by atoms with Gasteiger partial charge in [-0.15, -0.1) is 0 Å². The average Bonchev–Trinajstić information content (AvgIpc) is 3.49. The molecule has 1 unspecified atom stereocenters. The fraction of sp³-hybridized carbons (Fsp3) is 0.621. The summed E-state index contributed by atoms with van der Waals surface area (Å²) in [6, 6.07) is 9.57. The zero-order chi connectivity index (χ0) is 25.9. The number of hydrogen-bond acceptors (Lipinski definition) is 7. The van der Waals surface area contributed by atoms with Crippen LogP contribution in [0, 0.1) is 11.8 Å². The number of allylic oxidation sites excluding steroid dienone is 2. The van der Waals surface area contributed by atoms with Crippen LogP contribution < -0.4 is 4.74 Å². The van der Waals surface area contributed by atoms with Crippen molar-refractivity contribution in [2.24, 2.45) is 11.8 Å². The second-order valence-corrected chi connectivity index (χ2v) is 9.98. The number of ether oxygens (including phenoxy) is 5. The maximum atomic E-state index is 11.0. The summed E-state index contributed by atoms with van der Waals surface area (Å²) in [6.07, 6.45) is 12.7. The van der Waals surface area contributed by atoms with Gasteiger partial charge in [0.05, 0.1) is 25.4 Å². The normalized spacial score (nSPS) is 29.8. The number of unbranched alkanes of at least 4 members (excludes halogenated alkanes) is 1. The Morgan fingerprint density at radius 2 is 1.92 bits per heavy atom.